The lowest BCUT2D eigenvalue weighted by atomic mass is 10.2. The molecule has 1 atom stereocenters. The van der Waals surface area contributed by atoms with E-state index in [1.807, 2.05) is 30.3 Å². The minimum atomic E-state index is -0.440. The lowest BCUT2D eigenvalue weighted by Crippen LogP contribution is -2.44. The molecule has 1 saturated heterocycles. The van der Waals surface area contributed by atoms with E-state index in [1.54, 1.807) is 6.92 Å². The summed E-state index contributed by atoms with van der Waals surface area (Å²) in [6, 6.07) is 9.59. The molecule has 0 bridgehead atoms. The van der Waals surface area contributed by atoms with E-state index in [4.69, 9.17) is 0 Å². The van der Waals surface area contributed by atoms with Crippen LogP contribution in [0.25, 0.3) is 0 Å². The molecule has 22 heavy (non-hydrogen) atoms. The van der Waals surface area contributed by atoms with Crippen molar-refractivity contribution in [1.29, 1.82) is 0 Å². The first-order valence-electron chi connectivity index (χ1n) is 6.73. The molecule has 0 saturated carbocycles. The number of hydrazine groups is 1. The fourth-order valence-electron chi connectivity index (χ4n) is 2.09. The van der Waals surface area contributed by atoms with Gasteiger partial charge in [0.15, 0.2) is 0 Å². The highest BCUT2D eigenvalue weighted by Gasteiger charge is 2.34. The number of carbonyl (C=O) groups excluding carboxylic acids is 2. The minimum absolute atomic E-state index is 0.132. The number of hydrogen-bond acceptors (Lipinski definition) is 5. The molecule has 1 aromatic carbocycles. The van der Waals surface area contributed by atoms with Crippen molar-refractivity contribution in [2.75, 3.05) is 5.75 Å². The number of carbonyl (C=O) groups is 2. The summed E-state index contributed by atoms with van der Waals surface area (Å²) in [5.41, 5.74) is 4.51. The molecule has 1 aliphatic rings. The Labute approximate surface area is 131 Å². The normalized spacial score (nSPS) is 17.6. The second-order valence-electron chi connectivity index (χ2n) is 4.82. The average Bonchev–Trinajstić information content (AvgIpc) is 2.90. The predicted octanol–water partition coefficient (Wildman–Crippen LogP) is 1.70. The molecule has 3 rings (SSSR count). The molecule has 1 fully saturated rings. The highest BCUT2D eigenvalue weighted by Crippen LogP contribution is 2.37. The number of nitrogens with zero attached hydrogens (tertiary/aromatic N) is 3. The van der Waals surface area contributed by atoms with Crippen molar-refractivity contribution in [1.82, 2.24) is 20.4 Å². The van der Waals surface area contributed by atoms with Gasteiger partial charge in [-0.2, -0.15) is 0 Å². The first-order valence-corrected chi connectivity index (χ1v) is 7.78. The van der Waals surface area contributed by atoms with Crippen LogP contribution in [0.5, 0.6) is 0 Å². The second kappa shape index (κ2) is 6.15. The average molecular weight is 314 g/mol. The number of rotatable bonds is 3. The lowest BCUT2D eigenvalue weighted by Gasteiger charge is -2.24. The van der Waals surface area contributed by atoms with Gasteiger partial charge in [0, 0.05) is 6.20 Å². The topological polar surface area (TPSA) is 75.2 Å². The van der Waals surface area contributed by atoms with Gasteiger partial charge in [-0.1, -0.05) is 30.3 Å². The number of hydrogen-bond donors (Lipinski definition) is 1. The van der Waals surface area contributed by atoms with Gasteiger partial charge < -0.3 is 0 Å². The van der Waals surface area contributed by atoms with Gasteiger partial charge in [0.1, 0.15) is 11.1 Å². The van der Waals surface area contributed by atoms with Crippen LogP contribution >= 0.6 is 11.8 Å². The summed E-state index contributed by atoms with van der Waals surface area (Å²) in [6.45, 7) is 1.79. The number of thioether (sulfide) groups is 1. The molecule has 0 aliphatic carbocycles. The molecule has 1 aromatic heterocycles. The summed E-state index contributed by atoms with van der Waals surface area (Å²) in [4.78, 5) is 32.3. The Morgan fingerprint density at radius 2 is 2.05 bits per heavy atom. The van der Waals surface area contributed by atoms with Gasteiger partial charge in [-0.3, -0.25) is 20.0 Å². The summed E-state index contributed by atoms with van der Waals surface area (Å²) < 4.78 is 0. The number of nitrogens with one attached hydrogen (secondary N) is 1. The molecular weight excluding hydrogens is 300 g/mol. The summed E-state index contributed by atoms with van der Waals surface area (Å²) >= 11 is 1.48. The smallest absolute Gasteiger partial charge is 0.272 e. The third kappa shape index (κ3) is 2.94. The van der Waals surface area contributed by atoms with Crippen LogP contribution in [-0.2, 0) is 4.79 Å². The molecule has 0 radical (unpaired) electrons. The van der Waals surface area contributed by atoms with Crippen molar-refractivity contribution in [3.63, 3.8) is 0 Å². The van der Waals surface area contributed by atoms with Crippen molar-refractivity contribution in [2.45, 2.75) is 12.3 Å². The van der Waals surface area contributed by atoms with Crippen LogP contribution in [0.3, 0.4) is 0 Å². The Morgan fingerprint density at radius 3 is 2.73 bits per heavy atom. The van der Waals surface area contributed by atoms with Crippen molar-refractivity contribution in [2.24, 2.45) is 0 Å². The van der Waals surface area contributed by atoms with Crippen molar-refractivity contribution in [3.8, 4) is 0 Å². The third-order valence-corrected chi connectivity index (χ3v) is 4.40. The summed E-state index contributed by atoms with van der Waals surface area (Å²) in [7, 11) is 0. The van der Waals surface area contributed by atoms with Crippen LogP contribution in [0.4, 0.5) is 0 Å². The van der Waals surface area contributed by atoms with Gasteiger partial charge in [0.05, 0.1) is 17.6 Å². The Morgan fingerprint density at radius 1 is 1.27 bits per heavy atom. The predicted molar refractivity (Wildman–Crippen MR) is 82.7 cm³/mol. The molecule has 2 amide bonds. The Hall–Kier alpha value is -2.41. The van der Waals surface area contributed by atoms with Gasteiger partial charge in [0.25, 0.3) is 11.8 Å². The Kier molecular flexibility index (Phi) is 4.06. The molecule has 1 aliphatic heterocycles. The quantitative estimate of drug-likeness (QED) is 0.933. The second-order valence-corrected chi connectivity index (χ2v) is 5.89. The van der Waals surface area contributed by atoms with E-state index >= 15 is 0 Å². The van der Waals surface area contributed by atoms with Gasteiger partial charge in [-0.05, 0) is 12.5 Å². The zero-order chi connectivity index (χ0) is 15.5. The van der Waals surface area contributed by atoms with Crippen molar-refractivity contribution < 1.29 is 9.59 Å². The molecule has 1 N–H and O–H groups in total. The van der Waals surface area contributed by atoms with Crippen LogP contribution in [0.1, 0.15) is 27.1 Å². The molecule has 2 aromatic rings. The first-order chi connectivity index (χ1) is 10.6. The first kappa shape index (κ1) is 14.5. The maximum Gasteiger partial charge on any atom is 0.290 e. The number of aromatic nitrogens is 2. The summed E-state index contributed by atoms with van der Waals surface area (Å²) in [5, 5.41) is 1.14. The van der Waals surface area contributed by atoms with Crippen LogP contribution < -0.4 is 5.43 Å². The van der Waals surface area contributed by atoms with E-state index < -0.39 is 5.91 Å². The molecular formula is C15H14N4O2S. The summed E-state index contributed by atoms with van der Waals surface area (Å²) in [6.07, 6.45) is 2.92. The fourth-order valence-corrected chi connectivity index (χ4v) is 3.19. The fraction of sp³-hybridized carbons (Fsp3) is 0.200. The van der Waals surface area contributed by atoms with Crippen molar-refractivity contribution >= 4 is 23.6 Å². The highest BCUT2D eigenvalue weighted by molar-refractivity contribution is 8.00. The van der Waals surface area contributed by atoms with E-state index in [9.17, 15) is 9.59 Å². The zero-order valence-electron chi connectivity index (χ0n) is 11.9. The number of aryl methyl sites for hydroxylation is 1. The molecule has 112 valence electrons. The molecule has 6 nitrogen and oxygen atoms in total. The molecule has 7 heteroatoms. The number of benzene rings is 1. The van der Waals surface area contributed by atoms with E-state index in [0.29, 0.717) is 5.75 Å². The maximum absolute atomic E-state index is 12.2. The zero-order valence-corrected chi connectivity index (χ0v) is 12.7. The standard InChI is InChI=1S/C15H14N4O2S/c1-10-7-17-12(8-16-10)14(21)18-19-13(20)9-22-15(19)11-5-3-2-4-6-11/h2-8,15H,9H2,1H3,(H,18,21). The van der Waals surface area contributed by atoms with Crippen molar-refractivity contribution in [3.05, 3.63) is 59.7 Å². The van der Waals surface area contributed by atoms with E-state index in [-0.39, 0.29) is 17.0 Å². The number of amides is 2. The molecule has 2 heterocycles. The van der Waals surface area contributed by atoms with Crippen LogP contribution in [-0.4, -0.2) is 32.5 Å². The highest BCUT2D eigenvalue weighted by atomic mass is 32.2. The van der Waals surface area contributed by atoms with E-state index in [0.717, 1.165) is 11.3 Å². The lowest BCUT2D eigenvalue weighted by molar-refractivity contribution is -0.130. The Bertz CT molecular complexity index is 690. The molecule has 1 unspecified atom stereocenters. The molecule has 0 spiro atoms. The van der Waals surface area contributed by atoms with Gasteiger partial charge >= 0.3 is 0 Å². The maximum atomic E-state index is 12.2. The monoisotopic (exact) mass is 314 g/mol. The third-order valence-electron chi connectivity index (χ3n) is 3.19. The van der Waals surface area contributed by atoms with Crippen LogP contribution in [0.2, 0.25) is 0 Å². The van der Waals surface area contributed by atoms with Crippen LogP contribution in [0, 0.1) is 6.92 Å². The SMILES string of the molecule is Cc1cnc(C(=O)NN2C(=O)CSC2c2ccccc2)cn1. The van der Waals surface area contributed by atoms with E-state index in [1.165, 1.54) is 29.2 Å². The van der Waals surface area contributed by atoms with Gasteiger partial charge in [0.2, 0.25) is 0 Å². The Balaban J connectivity index is 1.78. The van der Waals surface area contributed by atoms with Crippen LogP contribution in [0.15, 0.2) is 42.7 Å². The largest absolute Gasteiger partial charge is 0.290 e. The minimum Gasteiger partial charge on any atom is -0.272 e. The van der Waals surface area contributed by atoms with E-state index in [2.05, 4.69) is 15.4 Å². The van der Waals surface area contributed by atoms with Gasteiger partial charge in [-0.25, -0.2) is 9.99 Å². The summed E-state index contributed by atoms with van der Waals surface area (Å²) in [5.74, 6) is -0.240. The van der Waals surface area contributed by atoms with Gasteiger partial charge in [-0.15, -0.1) is 11.8 Å².